The van der Waals surface area contributed by atoms with Crippen molar-refractivity contribution in [3.05, 3.63) is 95.9 Å². The largest absolute Gasteiger partial charge is 0.324 e. The van der Waals surface area contributed by atoms with Crippen molar-refractivity contribution in [3.63, 3.8) is 0 Å². The van der Waals surface area contributed by atoms with Crippen LogP contribution in [-0.4, -0.2) is 56.3 Å². The SMILES string of the molecule is O=C(CN1CCN(S(=O)(=O)C=Cc2ccccc2)CC1)Nc1ccccc1Sc1ccccc1. The second-order valence-corrected chi connectivity index (χ2v) is 10.8. The van der Waals surface area contributed by atoms with Crippen molar-refractivity contribution in [1.29, 1.82) is 0 Å². The van der Waals surface area contributed by atoms with Crippen LogP contribution in [0.25, 0.3) is 6.08 Å². The highest BCUT2D eigenvalue weighted by Gasteiger charge is 2.26. The minimum atomic E-state index is -3.49. The Labute approximate surface area is 205 Å². The molecule has 0 saturated carbocycles. The van der Waals surface area contributed by atoms with Gasteiger partial charge in [-0.05, 0) is 35.9 Å². The quantitative estimate of drug-likeness (QED) is 0.504. The number of carbonyl (C=O) groups excluding carboxylic acids is 1. The van der Waals surface area contributed by atoms with Gasteiger partial charge in [-0.25, -0.2) is 8.42 Å². The van der Waals surface area contributed by atoms with Crippen LogP contribution in [0.15, 0.2) is 100 Å². The maximum Gasteiger partial charge on any atom is 0.238 e. The fourth-order valence-corrected chi connectivity index (χ4v) is 5.72. The monoisotopic (exact) mass is 493 g/mol. The van der Waals surface area contributed by atoms with Crippen molar-refractivity contribution in [1.82, 2.24) is 9.21 Å². The van der Waals surface area contributed by atoms with Gasteiger partial charge in [-0.15, -0.1) is 0 Å². The molecule has 8 heteroatoms. The topological polar surface area (TPSA) is 69.7 Å². The predicted molar refractivity (Wildman–Crippen MR) is 138 cm³/mol. The number of para-hydroxylation sites is 1. The second-order valence-electron chi connectivity index (χ2n) is 7.89. The lowest BCUT2D eigenvalue weighted by Gasteiger charge is -2.32. The van der Waals surface area contributed by atoms with Crippen LogP contribution < -0.4 is 5.32 Å². The molecule has 1 N–H and O–H groups in total. The predicted octanol–water partition coefficient (Wildman–Crippen LogP) is 4.39. The Morgan fingerprint density at radius 1 is 0.853 bits per heavy atom. The van der Waals surface area contributed by atoms with E-state index in [1.165, 1.54) is 9.71 Å². The van der Waals surface area contributed by atoms with Crippen LogP contribution in [0, 0.1) is 0 Å². The van der Waals surface area contributed by atoms with Crippen LogP contribution in [0.4, 0.5) is 5.69 Å². The molecule has 0 spiro atoms. The first-order valence-electron chi connectivity index (χ1n) is 11.1. The van der Waals surface area contributed by atoms with E-state index in [-0.39, 0.29) is 12.5 Å². The molecule has 1 aliphatic rings. The van der Waals surface area contributed by atoms with E-state index in [9.17, 15) is 13.2 Å². The highest BCUT2D eigenvalue weighted by molar-refractivity contribution is 7.99. The summed E-state index contributed by atoms with van der Waals surface area (Å²) in [6, 6.07) is 27.1. The van der Waals surface area contributed by atoms with Gasteiger partial charge in [0.15, 0.2) is 0 Å². The van der Waals surface area contributed by atoms with Crippen LogP contribution in [-0.2, 0) is 14.8 Å². The van der Waals surface area contributed by atoms with Crippen molar-refractivity contribution in [2.75, 3.05) is 38.0 Å². The van der Waals surface area contributed by atoms with Crippen LogP contribution in [0.5, 0.6) is 0 Å². The average molecular weight is 494 g/mol. The molecule has 1 fully saturated rings. The summed E-state index contributed by atoms with van der Waals surface area (Å²) in [6.45, 7) is 1.95. The summed E-state index contributed by atoms with van der Waals surface area (Å²) in [7, 11) is -3.49. The fourth-order valence-electron chi connectivity index (χ4n) is 3.62. The highest BCUT2D eigenvalue weighted by Crippen LogP contribution is 2.33. The van der Waals surface area contributed by atoms with Crippen molar-refractivity contribution < 1.29 is 13.2 Å². The van der Waals surface area contributed by atoms with Gasteiger partial charge in [0.05, 0.1) is 12.2 Å². The molecule has 3 aromatic carbocycles. The first-order chi connectivity index (χ1) is 16.5. The number of nitrogens with one attached hydrogen (secondary N) is 1. The third-order valence-corrected chi connectivity index (χ3v) is 8.07. The summed E-state index contributed by atoms with van der Waals surface area (Å²) < 4.78 is 26.8. The molecule has 0 aromatic heterocycles. The van der Waals surface area contributed by atoms with Crippen LogP contribution in [0.2, 0.25) is 0 Å². The first kappa shape index (κ1) is 24.2. The number of piperazine rings is 1. The number of amides is 1. The zero-order valence-corrected chi connectivity index (χ0v) is 20.3. The Morgan fingerprint density at radius 2 is 1.47 bits per heavy atom. The first-order valence-corrected chi connectivity index (χ1v) is 13.4. The summed E-state index contributed by atoms with van der Waals surface area (Å²) in [4.78, 5) is 16.8. The number of nitrogens with zero attached hydrogens (tertiary/aromatic N) is 2. The number of sulfonamides is 1. The zero-order valence-electron chi connectivity index (χ0n) is 18.7. The molecular weight excluding hydrogens is 466 g/mol. The van der Waals surface area contributed by atoms with E-state index in [0.29, 0.717) is 26.2 Å². The Balaban J connectivity index is 1.29. The zero-order chi connectivity index (χ0) is 23.8. The summed E-state index contributed by atoms with van der Waals surface area (Å²) in [6.07, 6.45) is 1.61. The van der Waals surface area contributed by atoms with Gasteiger partial charge in [-0.3, -0.25) is 9.69 Å². The molecule has 6 nitrogen and oxygen atoms in total. The van der Waals surface area contributed by atoms with E-state index in [2.05, 4.69) is 5.32 Å². The highest BCUT2D eigenvalue weighted by atomic mass is 32.2. The molecule has 1 saturated heterocycles. The molecule has 1 heterocycles. The van der Waals surface area contributed by atoms with Gasteiger partial charge in [0, 0.05) is 41.4 Å². The van der Waals surface area contributed by atoms with Crippen LogP contribution in [0.1, 0.15) is 5.56 Å². The number of benzene rings is 3. The number of rotatable bonds is 8. The molecule has 1 aliphatic heterocycles. The van der Waals surface area contributed by atoms with Gasteiger partial charge in [-0.2, -0.15) is 4.31 Å². The van der Waals surface area contributed by atoms with E-state index >= 15 is 0 Å². The Morgan fingerprint density at radius 3 is 2.18 bits per heavy atom. The average Bonchev–Trinajstić information content (AvgIpc) is 2.86. The van der Waals surface area contributed by atoms with E-state index in [1.807, 2.05) is 89.8 Å². The lowest BCUT2D eigenvalue weighted by atomic mass is 10.2. The molecule has 176 valence electrons. The molecule has 0 unspecified atom stereocenters. The molecule has 0 bridgehead atoms. The molecule has 3 aromatic rings. The Hall–Kier alpha value is -2.91. The minimum absolute atomic E-state index is 0.110. The Kier molecular flexibility index (Phi) is 8.18. The number of carbonyl (C=O) groups is 1. The number of hydrogen-bond acceptors (Lipinski definition) is 5. The third-order valence-electron chi connectivity index (χ3n) is 5.42. The van der Waals surface area contributed by atoms with Crippen molar-refractivity contribution in [2.45, 2.75) is 9.79 Å². The molecule has 1 amide bonds. The third kappa shape index (κ3) is 6.80. The lowest BCUT2D eigenvalue weighted by molar-refractivity contribution is -0.117. The Bertz CT molecular complexity index is 1220. The van der Waals surface area contributed by atoms with Gasteiger partial charge >= 0.3 is 0 Å². The van der Waals surface area contributed by atoms with Crippen molar-refractivity contribution in [3.8, 4) is 0 Å². The van der Waals surface area contributed by atoms with Crippen molar-refractivity contribution in [2.24, 2.45) is 0 Å². The van der Waals surface area contributed by atoms with E-state index in [0.717, 1.165) is 21.0 Å². The molecular formula is C26H27N3O3S2. The van der Waals surface area contributed by atoms with E-state index in [4.69, 9.17) is 0 Å². The molecule has 0 atom stereocenters. The molecule has 0 radical (unpaired) electrons. The van der Waals surface area contributed by atoms with Gasteiger partial charge in [-0.1, -0.05) is 72.4 Å². The van der Waals surface area contributed by atoms with Gasteiger partial charge in [0.1, 0.15) is 0 Å². The maximum atomic E-state index is 12.7. The molecule has 4 rings (SSSR count). The van der Waals surface area contributed by atoms with Crippen LogP contribution >= 0.6 is 11.8 Å². The maximum absolute atomic E-state index is 12.7. The standard InChI is InChI=1S/C26H27N3O3S2/c30-26(27-24-13-7-8-14-25(24)33-23-11-5-2-6-12-23)21-28-16-18-29(19-17-28)34(31,32)20-15-22-9-3-1-4-10-22/h1-15,20H,16-19,21H2,(H,27,30). The van der Waals surface area contributed by atoms with Gasteiger partial charge in [0.2, 0.25) is 15.9 Å². The molecule has 0 aliphatic carbocycles. The normalized spacial score (nSPS) is 15.4. The summed E-state index contributed by atoms with van der Waals surface area (Å²) in [5, 5.41) is 4.27. The number of hydrogen-bond donors (Lipinski definition) is 1. The summed E-state index contributed by atoms with van der Waals surface area (Å²) in [5.74, 6) is -0.110. The summed E-state index contributed by atoms with van der Waals surface area (Å²) in [5.41, 5.74) is 1.61. The van der Waals surface area contributed by atoms with Gasteiger partial charge in [0.25, 0.3) is 0 Å². The van der Waals surface area contributed by atoms with Gasteiger partial charge < -0.3 is 5.32 Å². The van der Waals surface area contributed by atoms with E-state index < -0.39 is 10.0 Å². The van der Waals surface area contributed by atoms with Crippen LogP contribution in [0.3, 0.4) is 0 Å². The van der Waals surface area contributed by atoms with Crippen molar-refractivity contribution >= 4 is 39.5 Å². The number of anilines is 1. The smallest absolute Gasteiger partial charge is 0.238 e. The minimum Gasteiger partial charge on any atom is -0.324 e. The second kappa shape index (κ2) is 11.5. The lowest BCUT2D eigenvalue weighted by Crippen LogP contribution is -2.49. The molecule has 34 heavy (non-hydrogen) atoms. The summed E-state index contributed by atoms with van der Waals surface area (Å²) >= 11 is 1.60. The van der Waals surface area contributed by atoms with E-state index in [1.54, 1.807) is 17.8 Å². The fraction of sp³-hybridized carbons (Fsp3) is 0.192.